The zero-order valence-corrected chi connectivity index (χ0v) is 12.2. The lowest BCUT2D eigenvalue weighted by molar-refractivity contribution is -0.383. The average molecular weight is 314 g/mol. The molecule has 1 aromatic heterocycles. The van der Waals surface area contributed by atoms with E-state index in [1.165, 1.54) is 6.07 Å². The number of aromatic nitrogens is 1. The molecule has 2 aromatic carbocycles. The molecule has 0 amide bonds. The Morgan fingerprint density at radius 3 is 2.59 bits per heavy atom. The lowest BCUT2D eigenvalue weighted by Crippen LogP contribution is -1.98. The van der Waals surface area contributed by atoms with E-state index in [1.54, 1.807) is 12.1 Å². The number of rotatable bonds is 3. The van der Waals surface area contributed by atoms with Gasteiger partial charge in [0, 0.05) is 40.3 Å². The second-order valence-corrected chi connectivity index (χ2v) is 5.19. The van der Waals surface area contributed by atoms with Gasteiger partial charge in [-0.15, -0.1) is 0 Å². The predicted octanol–water partition coefficient (Wildman–Crippen LogP) is 4.29. The van der Waals surface area contributed by atoms with Gasteiger partial charge in [-0.3, -0.25) is 10.1 Å². The topological polar surface area (TPSA) is 74.1 Å². The molecule has 0 aliphatic rings. The van der Waals surface area contributed by atoms with Crippen molar-refractivity contribution in [2.75, 3.05) is 5.73 Å². The van der Waals surface area contributed by atoms with Crippen molar-refractivity contribution in [3.63, 3.8) is 0 Å². The van der Waals surface area contributed by atoms with Gasteiger partial charge in [0.15, 0.2) is 0 Å². The summed E-state index contributed by atoms with van der Waals surface area (Å²) in [5, 5.41) is 11.5. The molecular formula is C16H12ClN3O2. The summed E-state index contributed by atoms with van der Waals surface area (Å²) in [5.74, 6) is 0. The average Bonchev–Trinajstić information content (AvgIpc) is 2.97. The highest BCUT2D eigenvalue weighted by Crippen LogP contribution is 2.30. The van der Waals surface area contributed by atoms with Gasteiger partial charge in [-0.2, -0.15) is 0 Å². The van der Waals surface area contributed by atoms with Crippen LogP contribution in [0.3, 0.4) is 0 Å². The van der Waals surface area contributed by atoms with Crippen molar-refractivity contribution in [2.24, 2.45) is 0 Å². The van der Waals surface area contributed by atoms with Crippen LogP contribution < -0.4 is 5.73 Å². The first-order valence-electron chi connectivity index (χ1n) is 6.53. The highest BCUT2D eigenvalue weighted by atomic mass is 35.5. The van der Waals surface area contributed by atoms with Crippen LogP contribution in [0.15, 0.2) is 60.9 Å². The summed E-state index contributed by atoms with van der Waals surface area (Å²) < 4.78 is 1.85. The van der Waals surface area contributed by atoms with Crippen LogP contribution in [-0.4, -0.2) is 9.49 Å². The number of hydrogen-bond donors (Lipinski definition) is 1. The molecule has 0 saturated heterocycles. The van der Waals surface area contributed by atoms with Gasteiger partial charge in [-0.05, 0) is 24.3 Å². The van der Waals surface area contributed by atoms with Crippen molar-refractivity contribution in [3.05, 3.63) is 76.1 Å². The van der Waals surface area contributed by atoms with Gasteiger partial charge >= 0.3 is 0 Å². The Morgan fingerprint density at radius 2 is 1.91 bits per heavy atom. The fourth-order valence-corrected chi connectivity index (χ4v) is 2.53. The van der Waals surface area contributed by atoms with Crippen molar-refractivity contribution in [1.82, 2.24) is 4.57 Å². The van der Waals surface area contributed by atoms with Crippen molar-refractivity contribution in [1.29, 1.82) is 0 Å². The summed E-state index contributed by atoms with van der Waals surface area (Å²) in [6.07, 6.45) is 3.76. The molecule has 110 valence electrons. The number of benzene rings is 2. The fourth-order valence-electron chi connectivity index (χ4n) is 2.28. The normalized spacial score (nSPS) is 10.6. The highest BCUT2D eigenvalue weighted by molar-refractivity contribution is 6.33. The predicted molar refractivity (Wildman–Crippen MR) is 87.3 cm³/mol. The van der Waals surface area contributed by atoms with E-state index in [0.29, 0.717) is 5.02 Å². The van der Waals surface area contributed by atoms with E-state index in [0.717, 1.165) is 16.8 Å². The number of nitrogens with zero attached hydrogens (tertiary/aromatic N) is 2. The lowest BCUT2D eigenvalue weighted by atomic mass is 10.1. The monoisotopic (exact) mass is 313 g/mol. The van der Waals surface area contributed by atoms with Crippen LogP contribution in [0, 0.1) is 10.1 Å². The molecule has 0 atom stereocenters. The molecule has 6 heteroatoms. The van der Waals surface area contributed by atoms with E-state index >= 15 is 0 Å². The number of nitro benzene ring substituents is 1. The minimum Gasteiger partial charge on any atom is -0.393 e. The third-order valence-corrected chi connectivity index (χ3v) is 3.71. The number of nitrogen functional groups attached to an aromatic ring is 1. The van der Waals surface area contributed by atoms with Crippen LogP contribution in [0.5, 0.6) is 0 Å². The molecule has 3 aromatic rings. The van der Waals surface area contributed by atoms with Gasteiger partial charge in [0.05, 0.1) is 4.92 Å². The lowest BCUT2D eigenvalue weighted by Gasteiger charge is -2.05. The number of nitrogens with two attached hydrogens (primary N) is 1. The van der Waals surface area contributed by atoms with Gasteiger partial charge in [-0.1, -0.05) is 29.8 Å². The Kier molecular flexibility index (Phi) is 3.56. The van der Waals surface area contributed by atoms with Crippen LogP contribution in [-0.2, 0) is 0 Å². The van der Waals surface area contributed by atoms with Crippen molar-refractivity contribution in [2.45, 2.75) is 0 Å². The molecule has 2 N–H and O–H groups in total. The molecular weight excluding hydrogens is 302 g/mol. The molecule has 0 unspecified atom stereocenters. The molecule has 0 aliphatic heterocycles. The van der Waals surface area contributed by atoms with Gasteiger partial charge in [0.1, 0.15) is 5.69 Å². The second kappa shape index (κ2) is 5.54. The van der Waals surface area contributed by atoms with Crippen molar-refractivity contribution >= 4 is 23.0 Å². The minimum absolute atomic E-state index is 0.0952. The van der Waals surface area contributed by atoms with Gasteiger partial charge in [0.2, 0.25) is 0 Å². The number of halogens is 1. The van der Waals surface area contributed by atoms with Crippen LogP contribution in [0.2, 0.25) is 5.02 Å². The SMILES string of the molecule is Nc1cc(-n2ccc(-c3ccccc3Cl)c2)ccc1[N+](=O)[O-]. The van der Waals surface area contributed by atoms with Crippen LogP contribution in [0.25, 0.3) is 16.8 Å². The largest absolute Gasteiger partial charge is 0.393 e. The van der Waals surface area contributed by atoms with Gasteiger partial charge in [0.25, 0.3) is 5.69 Å². The first-order valence-corrected chi connectivity index (χ1v) is 6.91. The Hall–Kier alpha value is -2.79. The standard InChI is InChI=1S/C16H12ClN3O2/c17-14-4-2-1-3-13(14)11-7-8-19(10-11)12-5-6-16(20(21)22)15(18)9-12/h1-10H,18H2. The molecule has 0 saturated carbocycles. The zero-order chi connectivity index (χ0) is 15.7. The Balaban J connectivity index is 1.99. The summed E-state index contributed by atoms with van der Waals surface area (Å²) in [6.45, 7) is 0. The number of hydrogen-bond acceptors (Lipinski definition) is 3. The first-order chi connectivity index (χ1) is 10.6. The smallest absolute Gasteiger partial charge is 0.292 e. The van der Waals surface area contributed by atoms with E-state index in [2.05, 4.69) is 0 Å². The summed E-state index contributed by atoms with van der Waals surface area (Å²) in [4.78, 5) is 10.3. The van der Waals surface area contributed by atoms with E-state index in [4.69, 9.17) is 17.3 Å². The highest BCUT2D eigenvalue weighted by Gasteiger charge is 2.12. The van der Waals surface area contributed by atoms with Crippen molar-refractivity contribution in [3.8, 4) is 16.8 Å². The molecule has 0 bridgehead atoms. The third-order valence-electron chi connectivity index (χ3n) is 3.38. The van der Waals surface area contributed by atoms with Crippen LogP contribution in [0.1, 0.15) is 0 Å². The molecule has 5 nitrogen and oxygen atoms in total. The second-order valence-electron chi connectivity index (χ2n) is 4.79. The number of nitro groups is 1. The summed E-state index contributed by atoms with van der Waals surface area (Å²) in [5.41, 5.74) is 8.41. The van der Waals surface area contributed by atoms with Gasteiger partial charge in [-0.25, -0.2) is 0 Å². The Labute approximate surface area is 131 Å². The molecule has 22 heavy (non-hydrogen) atoms. The summed E-state index contributed by atoms with van der Waals surface area (Å²) in [6, 6.07) is 14.1. The van der Waals surface area contributed by atoms with Crippen molar-refractivity contribution < 1.29 is 4.92 Å². The molecule has 3 rings (SSSR count). The summed E-state index contributed by atoms with van der Waals surface area (Å²) in [7, 11) is 0. The first kappa shape index (κ1) is 14.2. The molecule has 0 aliphatic carbocycles. The van der Waals surface area contributed by atoms with Crippen LogP contribution in [0.4, 0.5) is 11.4 Å². The fraction of sp³-hybridized carbons (Fsp3) is 0. The molecule has 0 radical (unpaired) electrons. The Bertz CT molecular complexity index is 858. The molecule has 1 heterocycles. The van der Waals surface area contributed by atoms with Crippen LogP contribution >= 0.6 is 11.6 Å². The molecule has 0 spiro atoms. The summed E-state index contributed by atoms with van der Waals surface area (Å²) >= 11 is 6.19. The maximum atomic E-state index is 10.8. The molecule has 0 fully saturated rings. The third kappa shape index (κ3) is 2.54. The zero-order valence-electron chi connectivity index (χ0n) is 11.4. The minimum atomic E-state index is -0.496. The number of anilines is 1. The van der Waals surface area contributed by atoms with E-state index in [1.807, 2.05) is 47.3 Å². The van der Waals surface area contributed by atoms with E-state index in [9.17, 15) is 10.1 Å². The Morgan fingerprint density at radius 1 is 1.14 bits per heavy atom. The van der Waals surface area contributed by atoms with E-state index in [-0.39, 0.29) is 11.4 Å². The maximum absolute atomic E-state index is 10.8. The van der Waals surface area contributed by atoms with E-state index < -0.39 is 4.92 Å². The quantitative estimate of drug-likeness (QED) is 0.445. The van der Waals surface area contributed by atoms with Gasteiger partial charge < -0.3 is 10.3 Å². The maximum Gasteiger partial charge on any atom is 0.292 e.